The van der Waals surface area contributed by atoms with E-state index in [0.717, 1.165) is 5.82 Å². The lowest BCUT2D eigenvalue weighted by Crippen LogP contribution is -2.25. The third kappa shape index (κ3) is 3.09. The Morgan fingerprint density at radius 1 is 1.50 bits per heavy atom. The predicted molar refractivity (Wildman–Crippen MR) is 70.1 cm³/mol. The molecule has 1 aromatic heterocycles. The van der Waals surface area contributed by atoms with E-state index in [0.29, 0.717) is 24.5 Å². The standard InChI is InChI=1S/C12H20N4O2/c1-5-13-10(17)7-14-8(3)11-12(18)16(6-2)9(4)15-11/h18H,5-7H2,1-4H3,(H,13,17). The molecule has 0 aliphatic heterocycles. The molecule has 0 saturated carbocycles. The molecule has 6 heteroatoms. The Bertz CT molecular complexity index is 463. The van der Waals surface area contributed by atoms with Crippen LogP contribution in [0.3, 0.4) is 0 Å². The predicted octanol–water partition coefficient (Wildman–Crippen LogP) is 0.862. The van der Waals surface area contributed by atoms with Crippen molar-refractivity contribution in [2.45, 2.75) is 34.2 Å². The van der Waals surface area contributed by atoms with Gasteiger partial charge in [-0.3, -0.25) is 14.4 Å². The summed E-state index contributed by atoms with van der Waals surface area (Å²) in [4.78, 5) is 19.7. The number of aryl methyl sites for hydroxylation is 1. The average Bonchev–Trinajstić information content (AvgIpc) is 2.62. The molecule has 0 atom stereocenters. The summed E-state index contributed by atoms with van der Waals surface area (Å²) in [6, 6.07) is 0. The van der Waals surface area contributed by atoms with Crippen LogP contribution < -0.4 is 5.32 Å². The van der Waals surface area contributed by atoms with Crippen molar-refractivity contribution in [1.29, 1.82) is 0 Å². The van der Waals surface area contributed by atoms with E-state index in [1.807, 2.05) is 20.8 Å². The van der Waals surface area contributed by atoms with Crippen LogP contribution in [0.2, 0.25) is 0 Å². The van der Waals surface area contributed by atoms with Gasteiger partial charge in [-0.25, -0.2) is 4.98 Å². The molecule has 1 aromatic rings. The number of rotatable bonds is 5. The second-order valence-corrected chi connectivity index (χ2v) is 3.93. The Labute approximate surface area is 107 Å². The fraction of sp³-hybridized carbons (Fsp3) is 0.583. The summed E-state index contributed by atoms with van der Waals surface area (Å²) in [7, 11) is 0. The van der Waals surface area contributed by atoms with Gasteiger partial charge in [-0.2, -0.15) is 0 Å². The maximum atomic E-state index is 11.3. The monoisotopic (exact) mass is 252 g/mol. The Morgan fingerprint density at radius 2 is 2.17 bits per heavy atom. The fourth-order valence-electron chi connectivity index (χ4n) is 1.69. The number of likely N-dealkylation sites (N-methyl/N-ethyl adjacent to an activating group) is 1. The minimum atomic E-state index is -0.136. The van der Waals surface area contributed by atoms with Gasteiger partial charge in [-0.15, -0.1) is 0 Å². The number of hydrogen-bond donors (Lipinski definition) is 2. The van der Waals surface area contributed by atoms with Crippen LogP contribution in [0.25, 0.3) is 0 Å². The number of aliphatic imine (C=N–C) groups is 1. The summed E-state index contributed by atoms with van der Waals surface area (Å²) < 4.78 is 1.69. The number of carbonyl (C=O) groups is 1. The molecule has 0 aliphatic rings. The number of hydrogen-bond acceptors (Lipinski definition) is 4. The molecular weight excluding hydrogens is 232 g/mol. The van der Waals surface area contributed by atoms with E-state index in [9.17, 15) is 9.90 Å². The van der Waals surface area contributed by atoms with Crippen molar-refractivity contribution in [3.8, 4) is 5.88 Å². The summed E-state index contributed by atoms with van der Waals surface area (Å²) in [6.45, 7) is 8.63. The summed E-state index contributed by atoms with van der Waals surface area (Å²) in [6.07, 6.45) is 0. The third-order valence-electron chi connectivity index (χ3n) is 2.62. The van der Waals surface area contributed by atoms with Gasteiger partial charge in [0.1, 0.15) is 18.1 Å². The van der Waals surface area contributed by atoms with Crippen molar-refractivity contribution in [3.05, 3.63) is 11.5 Å². The number of carbonyl (C=O) groups excluding carboxylic acids is 1. The maximum absolute atomic E-state index is 11.3. The SMILES string of the molecule is CCNC(=O)CN=C(C)c1nc(C)n(CC)c1O. The highest BCUT2D eigenvalue weighted by atomic mass is 16.3. The van der Waals surface area contributed by atoms with Gasteiger partial charge < -0.3 is 10.4 Å². The molecular formula is C12H20N4O2. The quantitative estimate of drug-likeness (QED) is 0.763. The first-order valence-electron chi connectivity index (χ1n) is 6.05. The molecule has 0 aliphatic carbocycles. The topological polar surface area (TPSA) is 79.5 Å². The lowest BCUT2D eigenvalue weighted by Gasteiger charge is -2.02. The zero-order valence-electron chi connectivity index (χ0n) is 11.3. The molecule has 0 saturated heterocycles. The third-order valence-corrected chi connectivity index (χ3v) is 2.62. The number of aromatic nitrogens is 2. The van der Waals surface area contributed by atoms with Crippen molar-refractivity contribution in [1.82, 2.24) is 14.9 Å². The highest BCUT2D eigenvalue weighted by molar-refractivity contribution is 6.00. The van der Waals surface area contributed by atoms with E-state index in [-0.39, 0.29) is 18.3 Å². The Hall–Kier alpha value is -1.85. The molecule has 0 radical (unpaired) electrons. The van der Waals surface area contributed by atoms with Gasteiger partial charge in [0.05, 0.1) is 5.71 Å². The van der Waals surface area contributed by atoms with Crippen molar-refractivity contribution >= 4 is 11.6 Å². The van der Waals surface area contributed by atoms with Crippen LogP contribution in [0.1, 0.15) is 32.3 Å². The highest BCUT2D eigenvalue weighted by Crippen LogP contribution is 2.19. The second-order valence-electron chi connectivity index (χ2n) is 3.93. The number of aromatic hydroxyl groups is 1. The normalized spacial score (nSPS) is 11.7. The van der Waals surface area contributed by atoms with Gasteiger partial charge >= 0.3 is 0 Å². The van der Waals surface area contributed by atoms with Crippen molar-refractivity contribution in [3.63, 3.8) is 0 Å². The molecule has 0 fully saturated rings. The maximum Gasteiger partial charge on any atom is 0.241 e. The van der Waals surface area contributed by atoms with Crippen LogP contribution in [0.15, 0.2) is 4.99 Å². The number of nitrogens with one attached hydrogen (secondary N) is 1. The second kappa shape index (κ2) is 6.18. The van der Waals surface area contributed by atoms with Crippen LogP contribution in [0.4, 0.5) is 0 Å². The molecule has 100 valence electrons. The number of amides is 1. The molecule has 1 heterocycles. The molecule has 1 amide bonds. The van der Waals surface area contributed by atoms with Gasteiger partial charge in [0.2, 0.25) is 11.8 Å². The molecule has 0 unspecified atom stereocenters. The minimum Gasteiger partial charge on any atom is -0.493 e. The van der Waals surface area contributed by atoms with Gasteiger partial charge in [-0.05, 0) is 27.7 Å². The Balaban J connectivity index is 2.87. The smallest absolute Gasteiger partial charge is 0.241 e. The molecule has 18 heavy (non-hydrogen) atoms. The van der Waals surface area contributed by atoms with E-state index in [1.165, 1.54) is 0 Å². The van der Waals surface area contributed by atoms with E-state index in [4.69, 9.17) is 0 Å². The van der Waals surface area contributed by atoms with Crippen LogP contribution in [-0.2, 0) is 11.3 Å². The average molecular weight is 252 g/mol. The summed E-state index contributed by atoms with van der Waals surface area (Å²) in [5.74, 6) is 0.702. The van der Waals surface area contributed by atoms with E-state index in [1.54, 1.807) is 11.5 Å². The molecule has 0 bridgehead atoms. The Morgan fingerprint density at radius 3 is 2.67 bits per heavy atom. The van der Waals surface area contributed by atoms with E-state index < -0.39 is 0 Å². The molecule has 2 N–H and O–H groups in total. The largest absolute Gasteiger partial charge is 0.493 e. The lowest BCUT2D eigenvalue weighted by molar-refractivity contribution is -0.119. The summed E-state index contributed by atoms with van der Waals surface area (Å²) >= 11 is 0. The highest BCUT2D eigenvalue weighted by Gasteiger charge is 2.14. The first-order valence-corrected chi connectivity index (χ1v) is 6.05. The van der Waals surface area contributed by atoms with Crippen LogP contribution in [0.5, 0.6) is 5.88 Å². The lowest BCUT2D eigenvalue weighted by atomic mass is 10.3. The number of imidazole rings is 1. The van der Waals surface area contributed by atoms with Crippen LogP contribution in [0, 0.1) is 6.92 Å². The summed E-state index contributed by atoms with van der Waals surface area (Å²) in [5.41, 5.74) is 1.01. The minimum absolute atomic E-state index is 0.0527. The molecule has 1 rings (SSSR count). The zero-order valence-corrected chi connectivity index (χ0v) is 11.3. The summed E-state index contributed by atoms with van der Waals surface area (Å²) in [5, 5.41) is 12.6. The fourth-order valence-corrected chi connectivity index (χ4v) is 1.69. The van der Waals surface area contributed by atoms with Gasteiger partial charge in [0, 0.05) is 13.1 Å². The molecule has 6 nitrogen and oxygen atoms in total. The first kappa shape index (κ1) is 14.2. The van der Waals surface area contributed by atoms with Gasteiger partial charge in [-0.1, -0.05) is 0 Å². The van der Waals surface area contributed by atoms with Crippen LogP contribution in [-0.4, -0.2) is 39.4 Å². The van der Waals surface area contributed by atoms with E-state index in [2.05, 4.69) is 15.3 Å². The van der Waals surface area contributed by atoms with Gasteiger partial charge in [0.25, 0.3) is 0 Å². The van der Waals surface area contributed by atoms with Crippen molar-refractivity contribution < 1.29 is 9.90 Å². The van der Waals surface area contributed by atoms with E-state index >= 15 is 0 Å². The molecule has 0 aromatic carbocycles. The van der Waals surface area contributed by atoms with Crippen LogP contribution >= 0.6 is 0 Å². The number of nitrogens with zero attached hydrogens (tertiary/aromatic N) is 3. The van der Waals surface area contributed by atoms with Gasteiger partial charge in [0.15, 0.2) is 0 Å². The first-order chi connectivity index (χ1) is 8.51. The van der Waals surface area contributed by atoms with Crippen molar-refractivity contribution in [2.75, 3.05) is 13.1 Å². The molecule has 0 spiro atoms. The zero-order chi connectivity index (χ0) is 13.7. The van der Waals surface area contributed by atoms with Crippen molar-refractivity contribution in [2.24, 2.45) is 4.99 Å². The Kier molecular flexibility index (Phi) is 4.88.